The van der Waals surface area contributed by atoms with E-state index in [9.17, 15) is 4.79 Å². The number of anilines is 2. The van der Waals surface area contributed by atoms with Crippen LogP contribution in [0.2, 0.25) is 0 Å². The maximum Gasteiger partial charge on any atom is 0.226 e. The Labute approximate surface area is 130 Å². The molecular formula is C18H19N3O. The van der Waals surface area contributed by atoms with Crippen molar-refractivity contribution in [3.05, 3.63) is 59.2 Å². The highest BCUT2D eigenvalue weighted by atomic mass is 16.1. The summed E-state index contributed by atoms with van der Waals surface area (Å²) < 4.78 is 0. The number of nitriles is 1. The van der Waals surface area contributed by atoms with Crippen molar-refractivity contribution < 1.29 is 4.79 Å². The molecule has 4 heteroatoms. The fraction of sp³-hybridized carbons (Fsp3) is 0.222. The molecule has 0 spiro atoms. The molecule has 2 aromatic carbocycles. The van der Waals surface area contributed by atoms with Crippen LogP contribution in [0.3, 0.4) is 0 Å². The Balaban J connectivity index is 1.85. The number of amides is 1. The third-order valence-electron chi connectivity index (χ3n) is 3.34. The van der Waals surface area contributed by atoms with Crippen molar-refractivity contribution in [2.75, 3.05) is 17.2 Å². The zero-order valence-electron chi connectivity index (χ0n) is 12.8. The van der Waals surface area contributed by atoms with Crippen LogP contribution >= 0.6 is 0 Å². The van der Waals surface area contributed by atoms with Gasteiger partial charge in [0.2, 0.25) is 5.91 Å². The number of nitrogens with zero attached hydrogens (tertiary/aromatic N) is 1. The van der Waals surface area contributed by atoms with E-state index in [0.29, 0.717) is 18.5 Å². The third kappa shape index (κ3) is 4.35. The van der Waals surface area contributed by atoms with Crippen LogP contribution in [0.25, 0.3) is 0 Å². The van der Waals surface area contributed by atoms with Gasteiger partial charge in [0, 0.05) is 24.3 Å². The van der Waals surface area contributed by atoms with Crippen molar-refractivity contribution in [1.82, 2.24) is 0 Å². The van der Waals surface area contributed by atoms with Crippen molar-refractivity contribution in [2.45, 2.75) is 20.3 Å². The fourth-order valence-corrected chi connectivity index (χ4v) is 2.10. The molecule has 0 saturated carbocycles. The summed E-state index contributed by atoms with van der Waals surface area (Å²) in [5.41, 5.74) is 4.47. The minimum atomic E-state index is -0.0300. The van der Waals surface area contributed by atoms with Crippen molar-refractivity contribution in [3.63, 3.8) is 0 Å². The molecule has 0 atom stereocenters. The predicted molar refractivity (Wildman–Crippen MR) is 88.8 cm³/mol. The number of carbonyl (C=O) groups is 1. The minimum absolute atomic E-state index is 0.0300. The second-order valence-electron chi connectivity index (χ2n) is 5.24. The predicted octanol–water partition coefficient (Wildman–Crippen LogP) is 3.62. The minimum Gasteiger partial charge on any atom is -0.384 e. The lowest BCUT2D eigenvalue weighted by atomic mass is 10.1. The van der Waals surface area contributed by atoms with E-state index >= 15 is 0 Å². The molecule has 0 saturated heterocycles. The van der Waals surface area contributed by atoms with E-state index in [4.69, 9.17) is 5.26 Å². The topological polar surface area (TPSA) is 64.9 Å². The summed E-state index contributed by atoms with van der Waals surface area (Å²) in [7, 11) is 0. The Morgan fingerprint density at radius 3 is 2.77 bits per heavy atom. The molecule has 0 heterocycles. The molecule has 1 amide bonds. The van der Waals surface area contributed by atoms with Gasteiger partial charge >= 0.3 is 0 Å². The first kappa shape index (κ1) is 15.6. The molecular weight excluding hydrogens is 274 g/mol. The summed E-state index contributed by atoms with van der Waals surface area (Å²) in [5, 5.41) is 14.9. The smallest absolute Gasteiger partial charge is 0.226 e. The van der Waals surface area contributed by atoms with Gasteiger partial charge in [-0.1, -0.05) is 18.2 Å². The van der Waals surface area contributed by atoms with Crippen LogP contribution in [-0.4, -0.2) is 12.5 Å². The number of hydrogen-bond donors (Lipinski definition) is 2. The summed E-state index contributed by atoms with van der Waals surface area (Å²) >= 11 is 0. The van der Waals surface area contributed by atoms with Crippen LogP contribution in [0.5, 0.6) is 0 Å². The molecule has 2 rings (SSSR count). The Bertz CT molecular complexity index is 717. The molecule has 0 radical (unpaired) electrons. The van der Waals surface area contributed by atoms with Gasteiger partial charge in [0.05, 0.1) is 11.6 Å². The second-order valence-corrected chi connectivity index (χ2v) is 5.24. The molecule has 2 N–H and O–H groups in total. The quantitative estimate of drug-likeness (QED) is 0.885. The number of benzene rings is 2. The van der Waals surface area contributed by atoms with E-state index < -0.39 is 0 Å². The van der Waals surface area contributed by atoms with Crippen LogP contribution in [0.4, 0.5) is 11.4 Å². The Kier molecular flexibility index (Phi) is 5.16. The molecule has 0 aliphatic heterocycles. The second kappa shape index (κ2) is 7.28. The summed E-state index contributed by atoms with van der Waals surface area (Å²) in [6.45, 7) is 4.49. The normalized spacial score (nSPS) is 9.86. The molecule has 112 valence electrons. The highest BCUT2D eigenvalue weighted by Gasteiger charge is 2.05. The highest BCUT2D eigenvalue weighted by Crippen LogP contribution is 2.16. The van der Waals surface area contributed by atoms with Gasteiger partial charge in [0.25, 0.3) is 0 Å². The van der Waals surface area contributed by atoms with E-state index in [1.165, 1.54) is 0 Å². The van der Waals surface area contributed by atoms with Crippen LogP contribution < -0.4 is 10.6 Å². The van der Waals surface area contributed by atoms with Gasteiger partial charge in [-0.15, -0.1) is 0 Å². The van der Waals surface area contributed by atoms with Crippen LogP contribution in [0.15, 0.2) is 42.5 Å². The summed E-state index contributed by atoms with van der Waals surface area (Å²) in [6.07, 6.45) is 0.365. The number of carbonyl (C=O) groups excluding carboxylic acids is 1. The summed E-state index contributed by atoms with van der Waals surface area (Å²) in [4.78, 5) is 12.0. The molecule has 0 aromatic heterocycles. The monoisotopic (exact) mass is 293 g/mol. The lowest BCUT2D eigenvalue weighted by Crippen LogP contribution is -2.16. The maximum atomic E-state index is 12.0. The van der Waals surface area contributed by atoms with Crippen molar-refractivity contribution in [1.29, 1.82) is 5.26 Å². The van der Waals surface area contributed by atoms with E-state index in [1.807, 2.05) is 44.2 Å². The first-order valence-electron chi connectivity index (χ1n) is 7.19. The molecule has 22 heavy (non-hydrogen) atoms. The van der Waals surface area contributed by atoms with Gasteiger partial charge in [-0.2, -0.15) is 5.26 Å². The first-order chi connectivity index (χ1) is 10.6. The fourth-order valence-electron chi connectivity index (χ4n) is 2.10. The molecule has 0 aliphatic rings. The van der Waals surface area contributed by atoms with Crippen LogP contribution in [0.1, 0.15) is 23.1 Å². The maximum absolute atomic E-state index is 12.0. The molecule has 0 unspecified atom stereocenters. The largest absolute Gasteiger partial charge is 0.384 e. The van der Waals surface area contributed by atoms with Crippen molar-refractivity contribution in [3.8, 4) is 6.07 Å². The van der Waals surface area contributed by atoms with Gasteiger partial charge in [-0.25, -0.2) is 0 Å². The van der Waals surface area contributed by atoms with Crippen LogP contribution in [0, 0.1) is 25.2 Å². The van der Waals surface area contributed by atoms with Gasteiger partial charge < -0.3 is 10.6 Å². The average molecular weight is 293 g/mol. The lowest BCUT2D eigenvalue weighted by Gasteiger charge is -2.10. The van der Waals surface area contributed by atoms with Gasteiger partial charge in [0.15, 0.2) is 0 Å². The standard InChI is InChI=1S/C18H19N3O/c1-13-6-7-14(2)17(10-13)21-18(22)8-9-20-16-5-3-4-15(11-16)12-19/h3-7,10-11,20H,8-9H2,1-2H3,(H,21,22). The van der Waals surface area contributed by atoms with Crippen molar-refractivity contribution >= 4 is 17.3 Å². The molecule has 0 bridgehead atoms. The first-order valence-corrected chi connectivity index (χ1v) is 7.19. The number of rotatable bonds is 5. The zero-order valence-corrected chi connectivity index (χ0v) is 12.8. The SMILES string of the molecule is Cc1ccc(C)c(NC(=O)CCNc2cccc(C#N)c2)c1. The van der Waals surface area contributed by atoms with E-state index in [-0.39, 0.29) is 5.91 Å². The Hall–Kier alpha value is -2.80. The van der Waals surface area contributed by atoms with E-state index in [0.717, 1.165) is 22.5 Å². The van der Waals surface area contributed by atoms with E-state index in [2.05, 4.69) is 16.7 Å². The number of hydrogen-bond acceptors (Lipinski definition) is 3. The molecule has 0 aliphatic carbocycles. The Morgan fingerprint density at radius 1 is 1.18 bits per heavy atom. The lowest BCUT2D eigenvalue weighted by molar-refractivity contribution is -0.115. The van der Waals surface area contributed by atoms with Gasteiger partial charge in [0.1, 0.15) is 0 Å². The zero-order chi connectivity index (χ0) is 15.9. The summed E-state index contributed by atoms with van der Waals surface area (Å²) in [6, 6.07) is 15.3. The summed E-state index contributed by atoms with van der Waals surface area (Å²) in [5.74, 6) is -0.0300. The highest BCUT2D eigenvalue weighted by molar-refractivity contribution is 5.91. The average Bonchev–Trinajstić information content (AvgIpc) is 2.51. The van der Waals surface area contributed by atoms with Gasteiger partial charge in [-0.3, -0.25) is 4.79 Å². The number of nitrogens with one attached hydrogen (secondary N) is 2. The molecule has 4 nitrogen and oxygen atoms in total. The van der Waals surface area contributed by atoms with Crippen molar-refractivity contribution in [2.24, 2.45) is 0 Å². The Morgan fingerprint density at radius 2 is 2.00 bits per heavy atom. The number of aryl methyl sites for hydroxylation is 2. The van der Waals surface area contributed by atoms with Gasteiger partial charge in [-0.05, 0) is 49.2 Å². The van der Waals surface area contributed by atoms with Crippen LogP contribution in [-0.2, 0) is 4.79 Å². The molecule has 2 aromatic rings. The third-order valence-corrected chi connectivity index (χ3v) is 3.34. The molecule has 0 fully saturated rings. The van der Waals surface area contributed by atoms with E-state index in [1.54, 1.807) is 12.1 Å².